The van der Waals surface area contributed by atoms with E-state index in [0.29, 0.717) is 23.0 Å². The van der Waals surface area contributed by atoms with E-state index in [1.165, 1.54) is 6.07 Å². The monoisotopic (exact) mass is 294 g/mol. The van der Waals surface area contributed by atoms with Gasteiger partial charge in [-0.1, -0.05) is 17.7 Å². The first-order valence-electron chi connectivity index (χ1n) is 6.27. The lowest BCUT2D eigenvalue weighted by Gasteiger charge is -2.14. The zero-order valence-corrected chi connectivity index (χ0v) is 12.1. The molecule has 0 unspecified atom stereocenters. The molecule has 0 spiro atoms. The van der Waals surface area contributed by atoms with Gasteiger partial charge in [0, 0.05) is 22.8 Å². The van der Waals surface area contributed by atoms with Gasteiger partial charge in [0.1, 0.15) is 0 Å². The fraction of sp³-hybridized carbons (Fsp3) is 0.200. The third-order valence-corrected chi connectivity index (χ3v) is 3.35. The van der Waals surface area contributed by atoms with Crippen LogP contribution in [0.5, 0.6) is 5.75 Å². The number of nitrogens with one attached hydrogen (secondary N) is 1. The maximum Gasteiger partial charge on any atom is 0.167 e. The molecule has 0 bridgehead atoms. The third-order valence-electron chi connectivity index (χ3n) is 2.94. The summed E-state index contributed by atoms with van der Waals surface area (Å²) in [6, 6.07) is 8.31. The number of hydrogen-bond acceptors (Lipinski definition) is 3. The van der Waals surface area contributed by atoms with E-state index in [0.717, 1.165) is 11.3 Å². The second-order valence-electron chi connectivity index (χ2n) is 4.34. The van der Waals surface area contributed by atoms with E-state index in [9.17, 15) is 4.39 Å². The molecule has 0 aromatic heterocycles. The number of halogens is 2. The van der Waals surface area contributed by atoms with Crippen molar-refractivity contribution < 1.29 is 9.13 Å². The molecule has 0 aliphatic rings. The summed E-state index contributed by atoms with van der Waals surface area (Å²) in [7, 11) is 0. The molecule has 5 heteroatoms. The lowest BCUT2D eigenvalue weighted by molar-refractivity contribution is 0.322. The Labute approximate surface area is 122 Å². The van der Waals surface area contributed by atoms with Crippen LogP contribution in [0.4, 0.5) is 21.5 Å². The van der Waals surface area contributed by atoms with Crippen LogP contribution >= 0.6 is 11.6 Å². The highest BCUT2D eigenvalue weighted by atomic mass is 35.5. The average Bonchev–Trinajstić information content (AvgIpc) is 2.40. The Balaban J connectivity index is 2.38. The van der Waals surface area contributed by atoms with Gasteiger partial charge in [0.2, 0.25) is 0 Å². The molecular weight excluding hydrogens is 279 g/mol. The summed E-state index contributed by atoms with van der Waals surface area (Å²) < 4.78 is 18.9. The Kier molecular flexibility index (Phi) is 4.35. The molecule has 2 rings (SSSR count). The van der Waals surface area contributed by atoms with Gasteiger partial charge in [-0.3, -0.25) is 0 Å². The fourth-order valence-electron chi connectivity index (χ4n) is 1.83. The van der Waals surface area contributed by atoms with Crippen molar-refractivity contribution in [3.63, 3.8) is 0 Å². The first kappa shape index (κ1) is 14.5. The summed E-state index contributed by atoms with van der Waals surface area (Å²) >= 11 is 6.07. The highest BCUT2D eigenvalue weighted by Crippen LogP contribution is 2.32. The maximum absolute atomic E-state index is 13.6. The molecule has 2 aromatic carbocycles. The van der Waals surface area contributed by atoms with Crippen molar-refractivity contribution in [3.05, 3.63) is 46.7 Å². The van der Waals surface area contributed by atoms with Gasteiger partial charge in [0.05, 0.1) is 18.0 Å². The minimum Gasteiger partial charge on any atom is -0.491 e. The Hall–Kier alpha value is -1.94. The van der Waals surface area contributed by atoms with Gasteiger partial charge in [-0.2, -0.15) is 0 Å². The zero-order valence-electron chi connectivity index (χ0n) is 11.3. The van der Waals surface area contributed by atoms with Crippen molar-refractivity contribution in [2.45, 2.75) is 13.8 Å². The molecule has 0 aliphatic carbocycles. The molecule has 3 nitrogen and oxygen atoms in total. The molecule has 0 fully saturated rings. The number of nitrogen functional groups attached to an aromatic ring is 1. The standard InChI is InChI=1S/C15H16ClFN2O/c1-3-20-15-8-14(12(18)7-11(15)17)19-13-6-4-5-10(16)9(13)2/h4-8,19H,3,18H2,1-2H3. The van der Waals surface area contributed by atoms with E-state index in [-0.39, 0.29) is 5.75 Å². The molecule has 0 heterocycles. The van der Waals surface area contributed by atoms with Crippen molar-refractivity contribution >= 4 is 28.7 Å². The minimum atomic E-state index is -0.474. The van der Waals surface area contributed by atoms with Crippen LogP contribution in [0.15, 0.2) is 30.3 Å². The van der Waals surface area contributed by atoms with Crippen molar-refractivity contribution in [2.24, 2.45) is 0 Å². The fourth-order valence-corrected chi connectivity index (χ4v) is 2.01. The van der Waals surface area contributed by atoms with E-state index < -0.39 is 5.82 Å². The van der Waals surface area contributed by atoms with Crippen molar-refractivity contribution in [2.75, 3.05) is 17.7 Å². The number of ether oxygens (including phenoxy) is 1. The van der Waals surface area contributed by atoms with Gasteiger partial charge in [0.15, 0.2) is 11.6 Å². The van der Waals surface area contributed by atoms with Crippen LogP contribution in [0.3, 0.4) is 0 Å². The number of rotatable bonds is 4. The molecule has 0 saturated carbocycles. The number of anilines is 3. The Morgan fingerprint density at radius 2 is 2.05 bits per heavy atom. The molecule has 0 aliphatic heterocycles. The normalized spacial score (nSPS) is 10.4. The predicted molar refractivity (Wildman–Crippen MR) is 81.5 cm³/mol. The van der Waals surface area contributed by atoms with Crippen LogP contribution in [0, 0.1) is 12.7 Å². The summed E-state index contributed by atoms with van der Waals surface area (Å²) in [4.78, 5) is 0. The van der Waals surface area contributed by atoms with E-state index in [1.54, 1.807) is 13.0 Å². The van der Waals surface area contributed by atoms with E-state index in [4.69, 9.17) is 22.1 Å². The van der Waals surface area contributed by atoms with Gasteiger partial charge in [0.25, 0.3) is 0 Å². The van der Waals surface area contributed by atoms with E-state index in [1.807, 2.05) is 25.1 Å². The SMILES string of the molecule is CCOc1cc(Nc2cccc(Cl)c2C)c(N)cc1F. The van der Waals surface area contributed by atoms with E-state index in [2.05, 4.69) is 5.32 Å². The third kappa shape index (κ3) is 2.96. The first-order valence-corrected chi connectivity index (χ1v) is 6.64. The van der Waals surface area contributed by atoms with Gasteiger partial charge < -0.3 is 15.8 Å². The van der Waals surface area contributed by atoms with Crippen LogP contribution in [0.1, 0.15) is 12.5 Å². The highest BCUT2D eigenvalue weighted by Gasteiger charge is 2.10. The molecular formula is C15H16ClFN2O. The first-order chi connectivity index (χ1) is 9.52. The lowest BCUT2D eigenvalue weighted by atomic mass is 10.1. The molecule has 0 amide bonds. The summed E-state index contributed by atoms with van der Waals surface area (Å²) in [6.07, 6.45) is 0. The van der Waals surface area contributed by atoms with Crippen LogP contribution in [0.25, 0.3) is 0 Å². The quantitative estimate of drug-likeness (QED) is 0.816. The van der Waals surface area contributed by atoms with Crippen molar-refractivity contribution in [3.8, 4) is 5.75 Å². The highest BCUT2D eigenvalue weighted by molar-refractivity contribution is 6.31. The molecule has 0 saturated heterocycles. The zero-order chi connectivity index (χ0) is 14.7. The second-order valence-corrected chi connectivity index (χ2v) is 4.75. The van der Waals surface area contributed by atoms with Gasteiger partial charge in [-0.05, 0) is 31.5 Å². The van der Waals surface area contributed by atoms with Gasteiger partial charge in [-0.15, -0.1) is 0 Å². The number of nitrogens with two attached hydrogens (primary N) is 1. The summed E-state index contributed by atoms with van der Waals surface area (Å²) in [5.41, 5.74) is 8.44. The van der Waals surface area contributed by atoms with Crippen molar-refractivity contribution in [1.29, 1.82) is 0 Å². The Bertz CT molecular complexity index is 632. The molecule has 0 atom stereocenters. The van der Waals surface area contributed by atoms with Crippen LogP contribution < -0.4 is 15.8 Å². The largest absolute Gasteiger partial charge is 0.491 e. The predicted octanol–water partition coefficient (Wildman–Crippen LogP) is 4.51. The molecule has 2 aromatic rings. The van der Waals surface area contributed by atoms with Crippen LogP contribution in [-0.4, -0.2) is 6.61 Å². The van der Waals surface area contributed by atoms with Crippen LogP contribution in [0.2, 0.25) is 5.02 Å². The second kappa shape index (κ2) is 6.01. The minimum absolute atomic E-state index is 0.170. The lowest BCUT2D eigenvalue weighted by Crippen LogP contribution is -2.02. The molecule has 0 radical (unpaired) electrons. The van der Waals surface area contributed by atoms with Gasteiger partial charge >= 0.3 is 0 Å². The molecule has 3 N–H and O–H groups in total. The van der Waals surface area contributed by atoms with Gasteiger partial charge in [-0.25, -0.2) is 4.39 Å². The molecule has 106 valence electrons. The van der Waals surface area contributed by atoms with E-state index >= 15 is 0 Å². The smallest absolute Gasteiger partial charge is 0.167 e. The maximum atomic E-state index is 13.6. The summed E-state index contributed by atoms with van der Waals surface area (Å²) in [6.45, 7) is 4.08. The Morgan fingerprint density at radius 1 is 1.30 bits per heavy atom. The molecule has 20 heavy (non-hydrogen) atoms. The number of hydrogen-bond donors (Lipinski definition) is 2. The summed E-state index contributed by atoms with van der Waals surface area (Å²) in [5, 5.41) is 3.80. The Morgan fingerprint density at radius 3 is 2.75 bits per heavy atom. The average molecular weight is 295 g/mol. The topological polar surface area (TPSA) is 47.3 Å². The number of benzene rings is 2. The van der Waals surface area contributed by atoms with Crippen LogP contribution in [-0.2, 0) is 0 Å². The van der Waals surface area contributed by atoms with Crippen molar-refractivity contribution in [1.82, 2.24) is 0 Å². The summed E-state index contributed by atoms with van der Waals surface area (Å²) in [5.74, 6) is -0.304.